The van der Waals surface area contributed by atoms with Crippen molar-refractivity contribution in [3.8, 4) is 6.07 Å². The maximum absolute atomic E-state index is 13.2. The molecule has 2 heterocycles. The van der Waals surface area contributed by atoms with E-state index >= 15 is 0 Å². The molecule has 2 atom stereocenters. The van der Waals surface area contributed by atoms with Gasteiger partial charge in [-0.2, -0.15) is 5.26 Å². The van der Waals surface area contributed by atoms with Crippen LogP contribution in [0.5, 0.6) is 0 Å². The monoisotopic (exact) mass is 451 g/mol. The molecule has 0 radical (unpaired) electrons. The number of sulfone groups is 1. The Balaban J connectivity index is 2.22. The lowest BCUT2D eigenvalue weighted by molar-refractivity contribution is -0.385. The first-order chi connectivity index (χ1) is 14.2. The van der Waals surface area contributed by atoms with E-state index in [1.807, 2.05) is 6.92 Å². The van der Waals surface area contributed by atoms with Crippen molar-refractivity contribution in [1.29, 1.82) is 5.26 Å². The van der Waals surface area contributed by atoms with Crippen molar-refractivity contribution >= 4 is 32.9 Å². The van der Waals surface area contributed by atoms with Gasteiger partial charge in [-0.25, -0.2) is 18.4 Å². The first-order valence-electron chi connectivity index (χ1n) is 8.94. The number of morpholine rings is 1. The lowest BCUT2D eigenvalue weighted by Crippen LogP contribution is -2.42. The molecule has 30 heavy (non-hydrogen) atoms. The lowest BCUT2D eigenvalue weighted by Gasteiger charge is -2.32. The number of nitriles is 1. The molecule has 0 aliphatic carbocycles. The van der Waals surface area contributed by atoms with Crippen LogP contribution in [0.25, 0.3) is 0 Å². The number of benzene rings is 1. The minimum atomic E-state index is -4.40. The smallest absolute Gasteiger partial charge is 0.335 e. The average molecular weight is 452 g/mol. The van der Waals surface area contributed by atoms with Crippen molar-refractivity contribution in [2.75, 3.05) is 24.6 Å². The van der Waals surface area contributed by atoms with E-state index in [1.54, 1.807) is 11.0 Å². The van der Waals surface area contributed by atoms with E-state index in [4.69, 9.17) is 16.3 Å². The molecule has 1 aliphatic rings. The number of aryl methyl sites for hydroxylation is 1. The van der Waals surface area contributed by atoms with Crippen LogP contribution in [0.1, 0.15) is 23.7 Å². The van der Waals surface area contributed by atoms with Crippen molar-refractivity contribution < 1.29 is 18.1 Å². The number of anilines is 1. The third kappa shape index (κ3) is 4.07. The van der Waals surface area contributed by atoms with Gasteiger partial charge in [-0.1, -0.05) is 23.7 Å². The van der Waals surface area contributed by atoms with Gasteiger partial charge in [0.2, 0.25) is 20.9 Å². The molecule has 1 aromatic carbocycles. The van der Waals surface area contributed by atoms with E-state index in [1.165, 1.54) is 31.2 Å². The molecule has 1 aliphatic heterocycles. The van der Waals surface area contributed by atoms with Gasteiger partial charge in [0.1, 0.15) is 5.82 Å². The minimum Gasteiger partial charge on any atom is -0.375 e. The molecule has 1 fully saturated rings. The quantitative estimate of drug-likeness (QED) is 0.495. The Morgan fingerprint density at radius 3 is 2.70 bits per heavy atom. The summed E-state index contributed by atoms with van der Waals surface area (Å²) in [5.74, 6) is 0.0756. The molecule has 158 valence electrons. The molecule has 0 saturated carbocycles. The zero-order valence-electron chi connectivity index (χ0n) is 16.1. The SMILES string of the molecule is Cc1nc(C(C#N)S(=O)(=O)c2ccccc2Cl)c([N+](=O)[O-])c(N2CCO[C@@H](C)C2)n1. The molecule has 1 saturated heterocycles. The van der Waals surface area contributed by atoms with Gasteiger partial charge >= 0.3 is 5.69 Å². The highest BCUT2D eigenvalue weighted by Crippen LogP contribution is 2.39. The highest BCUT2D eigenvalue weighted by Gasteiger charge is 2.40. The van der Waals surface area contributed by atoms with Gasteiger partial charge in [-0.05, 0) is 26.0 Å². The number of halogens is 1. The summed E-state index contributed by atoms with van der Waals surface area (Å²) in [6, 6.07) is 7.26. The summed E-state index contributed by atoms with van der Waals surface area (Å²) in [6.45, 7) is 4.28. The summed E-state index contributed by atoms with van der Waals surface area (Å²) in [4.78, 5) is 20.7. The fourth-order valence-corrected chi connectivity index (χ4v) is 5.16. The molecule has 0 bridgehead atoms. The lowest BCUT2D eigenvalue weighted by atomic mass is 10.2. The van der Waals surface area contributed by atoms with Crippen LogP contribution in [-0.2, 0) is 14.6 Å². The first-order valence-corrected chi connectivity index (χ1v) is 10.9. The number of aromatic nitrogens is 2. The van der Waals surface area contributed by atoms with Crippen LogP contribution in [0.2, 0.25) is 5.02 Å². The molecule has 10 nitrogen and oxygen atoms in total. The van der Waals surface area contributed by atoms with E-state index in [-0.39, 0.29) is 27.7 Å². The second kappa shape index (κ2) is 8.51. The molecule has 2 aromatic rings. The third-order valence-corrected chi connectivity index (χ3v) is 6.91. The Hall–Kier alpha value is -2.81. The maximum Gasteiger partial charge on any atom is 0.335 e. The standard InChI is InChI=1S/C18H18ClN5O5S/c1-11-10-23(7-8-29-11)18-17(24(25)26)16(21-12(2)22-18)15(9-20)30(27,28)14-6-4-3-5-13(14)19/h3-6,11,15H,7-8,10H2,1-2H3/t11-,15?/m0/s1. The summed E-state index contributed by atoms with van der Waals surface area (Å²) in [5.41, 5.74) is -1.10. The van der Waals surface area contributed by atoms with Crippen LogP contribution in [-0.4, -0.2) is 49.1 Å². The van der Waals surface area contributed by atoms with Gasteiger partial charge in [-0.15, -0.1) is 0 Å². The van der Waals surface area contributed by atoms with E-state index in [0.29, 0.717) is 19.7 Å². The van der Waals surface area contributed by atoms with Gasteiger partial charge in [0.25, 0.3) is 0 Å². The Kier molecular flexibility index (Phi) is 6.21. The third-order valence-electron chi connectivity index (χ3n) is 4.55. The number of ether oxygens (including phenoxy) is 1. The van der Waals surface area contributed by atoms with E-state index in [0.717, 1.165) is 0 Å². The molecular weight excluding hydrogens is 434 g/mol. The van der Waals surface area contributed by atoms with Crippen LogP contribution >= 0.6 is 11.6 Å². The summed E-state index contributed by atoms with van der Waals surface area (Å²) in [7, 11) is -4.40. The van der Waals surface area contributed by atoms with Crippen molar-refractivity contribution in [1.82, 2.24) is 9.97 Å². The maximum atomic E-state index is 13.2. The highest BCUT2D eigenvalue weighted by atomic mass is 35.5. The van der Waals surface area contributed by atoms with E-state index in [9.17, 15) is 23.8 Å². The number of hydrogen-bond acceptors (Lipinski definition) is 9. The Morgan fingerprint density at radius 1 is 1.40 bits per heavy atom. The van der Waals surface area contributed by atoms with Gasteiger partial charge in [0.15, 0.2) is 5.69 Å². The van der Waals surface area contributed by atoms with Crippen LogP contribution in [0, 0.1) is 28.4 Å². The number of rotatable bonds is 5. The van der Waals surface area contributed by atoms with Crippen molar-refractivity contribution in [2.45, 2.75) is 30.1 Å². The van der Waals surface area contributed by atoms with Crippen molar-refractivity contribution in [3.05, 3.63) is 50.9 Å². The van der Waals surface area contributed by atoms with E-state index < -0.39 is 31.4 Å². The predicted molar refractivity (Wildman–Crippen MR) is 108 cm³/mol. The average Bonchev–Trinajstić information content (AvgIpc) is 2.67. The topological polar surface area (TPSA) is 139 Å². The summed E-state index contributed by atoms with van der Waals surface area (Å²) < 4.78 is 31.8. The highest BCUT2D eigenvalue weighted by molar-refractivity contribution is 7.92. The molecular formula is C18H18ClN5O5S. The first kappa shape index (κ1) is 21.9. The van der Waals surface area contributed by atoms with Gasteiger partial charge < -0.3 is 9.64 Å². The summed E-state index contributed by atoms with van der Waals surface area (Å²) >= 11 is 6.02. The molecule has 1 aromatic heterocycles. The number of nitrogens with zero attached hydrogens (tertiary/aromatic N) is 5. The molecule has 0 amide bonds. The van der Waals surface area contributed by atoms with Crippen LogP contribution in [0.4, 0.5) is 11.5 Å². The van der Waals surface area contributed by atoms with Gasteiger partial charge in [0.05, 0.1) is 33.6 Å². The number of hydrogen-bond donors (Lipinski definition) is 0. The zero-order chi connectivity index (χ0) is 22.1. The molecule has 0 spiro atoms. The van der Waals surface area contributed by atoms with Crippen molar-refractivity contribution in [3.63, 3.8) is 0 Å². The molecule has 1 unspecified atom stereocenters. The Morgan fingerprint density at radius 2 is 2.10 bits per heavy atom. The molecule has 3 rings (SSSR count). The van der Waals surface area contributed by atoms with Gasteiger partial charge in [0, 0.05) is 13.1 Å². The second-order valence-corrected chi connectivity index (χ2v) is 9.11. The number of nitro groups is 1. The van der Waals surface area contributed by atoms with Crippen LogP contribution in [0.3, 0.4) is 0 Å². The minimum absolute atomic E-state index is 0.0349. The summed E-state index contributed by atoms with van der Waals surface area (Å²) in [6.07, 6.45) is -0.198. The van der Waals surface area contributed by atoms with Crippen molar-refractivity contribution in [2.24, 2.45) is 0 Å². The molecule has 0 N–H and O–H groups in total. The van der Waals surface area contributed by atoms with Gasteiger partial charge in [-0.3, -0.25) is 10.1 Å². The second-order valence-electron chi connectivity index (χ2n) is 6.70. The molecule has 12 heteroatoms. The fourth-order valence-electron chi connectivity index (χ4n) is 3.24. The fraction of sp³-hybridized carbons (Fsp3) is 0.389. The predicted octanol–water partition coefficient (Wildman–Crippen LogP) is 2.61. The van der Waals surface area contributed by atoms with Crippen LogP contribution < -0.4 is 4.90 Å². The summed E-state index contributed by atoms with van der Waals surface area (Å²) in [5, 5.41) is 19.7. The normalized spacial score (nSPS) is 17.9. The Bertz CT molecular complexity index is 1130. The largest absolute Gasteiger partial charge is 0.375 e. The van der Waals surface area contributed by atoms with E-state index in [2.05, 4.69) is 9.97 Å². The Labute approximate surface area is 178 Å². The van der Waals surface area contributed by atoms with Crippen LogP contribution in [0.15, 0.2) is 29.2 Å². The zero-order valence-corrected chi connectivity index (χ0v) is 17.7.